The summed E-state index contributed by atoms with van der Waals surface area (Å²) in [5.74, 6) is -0.0000685. The molecule has 0 aromatic carbocycles. The quantitative estimate of drug-likeness (QED) is 0.330. The van der Waals surface area contributed by atoms with E-state index >= 15 is 0 Å². The van der Waals surface area contributed by atoms with Crippen LogP contribution in [-0.2, 0) is 4.74 Å². The van der Waals surface area contributed by atoms with Gasteiger partial charge in [-0.05, 0) is 6.92 Å². The zero-order chi connectivity index (χ0) is 16.9. The number of fused-ring (bicyclic) bond motifs is 1. The number of nitrogens with two attached hydrogens (primary N) is 1. The van der Waals surface area contributed by atoms with Crippen LogP contribution in [0.15, 0.2) is 4.79 Å². The number of ether oxygens (including phenoxy) is 1. The van der Waals surface area contributed by atoms with Crippen molar-refractivity contribution in [3.8, 4) is 0 Å². The number of hydrogen-bond acceptors (Lipinski definition) is 10. The van der Waals surface area contributed by atoms with Gasteiger partial charge in [-0.3, -0.25) is 9.78 Å². The molecule has 1 unspecified atom stereocenters. The molecule has 1 aromatic rings. The molecule has 0 radical (unpaired) electrons. The van der Waals surface area contributed by atoms with Gasteiger partial charge in [-0.15, -0.1) is 0 Å². The average molecular weight is 329 g/mol. The number of nitrogens with one attached hydrogen (secondary N) is 1. The van der Waals surface area contributed by atoms with Crippen LogP contribution in [0.25, 0.3) is 0 Å². The minimum atomic E-state index is -1.32. The molecule has 0 aliphatic carbocycles. The fourth-order valence-corrected chi connectivity index (χ4v) is 2.88. The molecule has 2 aliphatic heterocycles. The molecule has 1 fully saturated rings. The van der Waals surface area contributed by atoms with Crippen molar-refractivity contribution >= 4 is 17.5 Å². The Balaban J connectivity index is 2.02. The third-order valence-corrected chi connectivity index (χ3v) is 4.03. The molecule has 7 N–H and O–H groups in total. The maximum atomic E-state index is 12.1. The second-order valence-electron chi connectivity index (χ2n) is 5.57. The number of aromatic amines is 1. The summed E-state index contributed by atoms with van der Waals surface area (Å²) in [5.41, 5.74) is 5.11. The van der Waals surface area contributed by atoms with Gasteiger partial charge in [0.2, 0.25) is 5.95 Å². The third kappa shape index (κ3) is 2.42. The SMILES string of the molecule is CC(O)N1CN([C@@H]2O[C@H](CO)[C@@H](O)[C@H]2O)c2nc(N)[nH]c(=O)c21. The third-order valence-electron chi connectivity index (χ3n) is 4.03. The number of anilines is 3. The molecule has 0 saturated carbocycles. The topological polar surface area (TPSA) is 168 Å². The fraction of sp³-hybridized carbons (Fsp3) is 0.667. The van der Waals surface area contributed by atoms with Crippen molar-refractivity contribution in [2.24, 2.45) is 0 Å². The summed E-state index contributed by atoms with van der Waals surface area (Å²) < 4.78 is 5.46. The van der Waals surface area contributed by atoms with Gasteiger partial charge >= 0.3 is 0 Å². The van der Waals surface area contributed by atoms with Gasteiger partial charge in [0, 0.05) is 0 Å². The van der Waals surface area contributed by atoms with Crippen molar-refractivity contribution in [1.29, 1.82) is 0 Å². The van der Waals surface area contributed by atoms with Crippen LogP contribution in [0.1, 0.15) is 6.92 Å². The highest BCUT2D eigenvalue weighted by atomic mass is 16.6. The van der Waals surface area contributed by atoms with Gasteiger partial charge in [-0.25, -0.2) is 0 Å². The highest BCUT2D eigenvalue weighted by molar-refractivity contribution is 5.73. The number of nitrogen functional groups attached to an aromatic ring is 1. The first-order chi connectivity index (χ1) is 10.8. The molecule has 128 valence electrons. The van der Waals surface area contributed by atoms with Gasteiger partial charge in [0.25, 0.3) is 5.56 Å². The van der Waals surface area contributed by atoms with Crippen LogP contribution in [0.4, 0.5) is 17.5 Å². The predicted octanol–water partition coefficient (Wildman–Crippen LogP) is -3.29. The monoisotopic (exact) mass is 329 g/mol. The van der Waals surface area contributed by atoms with Crippen LogP contribution in [0.3, 0.4) is 0 Å². The number of aromatic nitrogens is 2. The van der Waals surface area contributed by atoms with Crippen LogP contribution < -0.4 is 21.1 Å². The second kappa shape index (κ2) is 5.62. The lowest BCUT2D eigenvalue weighted by molar-refractivity contribution is -0.0225. The largest absolute Gasteiger partial charge is 0.394 e. The molecular formula is C12H19N5O6. The van der Waals surface area contributed by atoms with E-state index in [9.17, 15) is 25.2 Å². The Morgan fingerprint density at radius 3 is 2.74 bits per heavy atom. The summed E-state index contributed by atoms with van der Waals surface area (Å²) >= 11 is 0. The first kappa shape index (κ1) is 16.0. The van der Waals surface area contributed by atoms with Gasteiger partial charge in [0.1, 0.15) is 30.2 Å². The van der Waals surface area contributed by atoms with E-state index in [1.165, 1.54) is 16.7 Å². The van der Waals surface area contributed by atoms with Crippen molar-refractivity contribution in [2.75, 3.05) is 28.8 Å². The molecular weight excluding hydrogens is 310 g/mol. The van der Waals surface area contributed by atoms with E-state index in [-0.39, 0.29) is 24.1 Å². The van der Waals surface area contributed by atoms with Gasteiger partial charge in [-0.2, -0.15) is 4.98 Å². The molecule has 2 aliphatic rings. The Bertz CT molecular complexity index is 651. The normalized spacial score (nSPS) is 31.5. The van der Waals surface area contributed by atoms with Crippen LogP contribution in [0.2, 0.25) is 0 Å². The van der Waals surface area contributed by atoms with Crippen LogP contribution in [0, 0.1) is 0 Å². The molecule has 0 amide bonds. The van der Waals surface area contributed by atoms with Crippen molar-refractivity contribution in [3.05, 3.63) is 10.4 Å². The van der Waals surface area contributed by atoms with E-state index in [1.807, 2.05) is 0 Å². The number of hydrogen-bond donors (Lipinski definition) is 6. The van der Waals surface area contributed by atoms with E-state index < -0.39 is 42.9 Å². The molecule has 1 aromatic heterocycles. The lowest BCUT2D eigenvalue weighted by Crippen LogP contribution is -2.47. The van der Waals surface area contributed by atoms with Crippen LogP contribution >= 0.6 is 0 Å². The standard InChI is InChI=1S/C12H19N5O6/c1-4(19)16-3-17(9-6(16)10(22)15-12(13)14-9)11-8(21)7(20)5(2-18)23-11/h4-5,7-8,11,18-21H,2-3H2,1H3,(H3,13,14,15,22)/t4?,5-,7-,8-,11-/m1/s1. The smallest absolute Gasteiger partial charge is 0.278 e. The number of rotatable bonds is 3. The van der Waals surface area contributed by atoms with Gasteiger partial charge in [-0.1, -0.05) is 0 Å². The lowest BCUT2D eigenvalue weighted by Gasteiger charge is -2.29. The van der Waals surface area contributed by atoms with E-state index in [2.05, 4.69) is 9.97 Å². The minimum Gasteiger partial charge on any atom is -0.394 e. The summed E-state index contributed by atoms with van der Waals surface area (Å²) in [6.45, 7) is 1.000. The number of H-pyrrole nitrogens is 1. The van der Waals surface area contributed by atoms with Gasteiger partial charge < -0.3 is 40.7 Å². The molecule has 11 heteroatoms. The average Bonchev–Trinajstić information content (AvgIpc) is 2.99. The Hall–Kier alpha value is -1.92. The van der Waals surface area contributed by atoms with E-state index in [1.54, 1.807) is 0 Å². The summed E-state index contributed by atoms with van der Waals surface area (Å²) in [5, 5.41) is 39.1. The first-order valence-electron chi connectivity index (χ1n) is 7.08. The molecule has 1 saturated heterocycles. The summed E-state index contributed by atoms with van der Waals surface area (Å²) in [7, 11) is 0. The fourth-order valence-electron chi connectivity index (χ4n) is 2.88. The molecule has 5 atom stereocenters. The summed E-state index contributed by atoms with van der Waals surface area (Å²) in [6, 6.07) is 0. The number of aliphatic hydroxyl groups is 4. The maximum Gasteiger partial charge on any atom is 0.278 e. The van der Waals surface area contributed by atoms with Crippen molar-refractivity contribution in [1.82, 2.24) is 9.97 Å². The lowest BCUT2D eigenvalue weighted by atomic mass is 10.1. The zero-order valence-electron chi connectivity index (χ0n) is 12.3. The van der Waals surface area contributed by atoms with Crippen molar-refractivity contribution in [3.63, 3.8) is 0 Å². The van der Waals surface area contributed by atoms with E-state index in [4.69, 9.17) is 10.5 Å². The van der Waals surface area contributed by atoms with Crippen molar-refractivity contribution in [2.45, 2.75) is 37.7 Å². The Morgan fingerprint density at radius 1 is 1.48 bits per heavy atom. The molecule has 23 heavy (non-hydrogen) atoms. The number of aliphatic hydroxyl groups excluding tert-OH is 4. The molecule has 0 bridgehead atoms. The Labute approximate surface area is 130 Å². The highest BCUT2D eigenvalue weighted by Gasteiger charge is 2.49. The van der Waals surface area contributed by atoms with Crippen LogP contribution in [0.5, 0.6) is 0 Å². The molecule has 3 heterocycles. The second-order valence-corrected chi connectivity index (χ2v) is 5.57. The maximum absolute atomic E-state index is 12.1. The highest BCUT2D eigenvalue weighted by Crippen LogP contribution is 2.37. The Kier molecular flexibility index (Phi) is 3.90. The predicted molar refractivity (Wildman–Crippen MR) is 78.5 cm³/mol. The summed E-state index contributed by atoms with van der Waals surface area (Å²) in [4.78, 5) is 21.3. The van der Waals surface area contributed by atoms with Crippen molar-refractivity contribution < 1.29 is 25.2 Å². The van der Waals surface area contributed by atoms with E-state index in [0.29, 0.717) is 0 Å². The summed E-state index contributed by atoms with van der Waals surface area (Å²) in [6.07, 6.45) is -5.61. The molecule has 3 rings (SSSR count). The van der Waals surface area contributed by atoms with E-state index in [0.717, 1.165) is 0 Å². The molecule has 11 nitrogen and oxygen atoms in total. The Morgan fingerprint density at radius 2 is 2.17 bits per heavy atom. The van der Waals surface area contributed by atoms with Gasteiger partial charge in [0.05, 0.1) is 13.3 Å². The molecule has 0 spiro atoms. The zero-order valence-corrected chi connectivity index (χ0v) is 12.3. The number of nitrogens with zero attached hydrogens (tertiary/aromatic N) is 3. The van der Waals surface area contributed by atoms with Crippen LogP contribution in [-0.4, -0.2) is 74.4 Å². The van der Waals surface area contributed by atoms with Gasteiger partial charge in [0.15, 0.2) is 12.0 Å². The first-order valence-corrected chi connectivity index (χ1v) is 7.08. The minimum absolute atomic E-state index is 0.000865.